The van der Waals surface area contributed by atoms with Crippen LogP contribution in [-0.2, 0) is 20.7 Å². The van der Waals surface area contributed by atoms with Crippen molar-refractivity contribution >= 4 is 34.3 Å². The Kier molecular flexibility index (Phi) is 7.27. The summed E-state index contributed by atoms with van der Waals surface area (Å²) in [4.78, 5) is 44.8. The SMILES string of the molecule is CCOC(=O)Cc1csc(NC(=O)C2CC3CCCCC3N2C(=O)c2ccccc2OC)n1. The Bertz CT molecular complexity index is 1020. The number of ether oxygens (including phenoxy) is 2. The Morgan fingerprint density at radius 1 is 1.21 bits per heavy atom. The van der Waals surface area contributed by atoms with Crippen LogP contribution in [0.3, 0.4) is 0 Å². The summed E-state index contributed by atoms with van der Waals surface area (Å²) in [7, 11) is 1.54. The van der Waals surface area contributed by atoms with Gasteiger partial charge in [-0.3, -0.25) is 14.4 Å². The highest BCUT2D eigenvalue weighted by Crippen LogP contribution is 2.41. The van der Waals surface area contributed by atoms with Gasteiger partial charge in [0.15, 0.2) is 5.13 Å². The first-order valence-corrected chi connectivity index (χ1v) is 12.3. The van der Waals surface area contributed by atoms with Crippen molar-refractivity contribution in [3.8, 4) is 5.75 Å². The van der Waals surface area contributed by atoms with E-state index in [0.29, 0.717) is 41.1 Å². The monoisotopic (exact) mass is 471 g/mol. The molecule has 33 heavy (non-hydrogen) atoms. The van der Waals surface area contributed by atoms with Gasteiger partial charge in [0.25, 0.3) is 5.91 Å². The van der Waals surface area contributed by atoms with E-state index in [9.17, 15) is 14.4 Å². The van der Waals surface area contributed by atoms with Crippen molar-refractivity contribution in [2.45, 2.75) is 57.5 Å². The Morgan fingerprint density at radius 2 is 2.00 bits per heavy atom. The molecule has 1 aliphatic heterocycles. The van der Waals surface area contributed by atoms with Crippen molar-refractivity contribution in [1.82, 2.24) is 9.88 Å². The van der Waals surface area contributed by atoms with Gasteiger partial charge < -0.3 is 19.7 Å². The number of aromatic nitrogens is 1. The van der Waals surface area contributed by atoms with Crippen LogP contribution in [-0.4, -0.2) is 53.5 Å². The fraction of sp³-hybridized carbons (Fsp3) is 0.500. The number of likely N-dealkylation sites (tertiary alicyclic amines) is 1. The first kappa shape index (κ1) is 23.2. The minimum Gasteiger partial charge on any atom is -0.496 e. The van der Waals surface area contributed by atoms with Gasteiger partial charge in [-0.1, -0.05) is 25.0 Å². The van der Waals surface area contributed by atoms with Crippen molar-refractivity contribution in [2.75, 3.05) is 19.0 Å². The molecule has 2 heterocycles. The number of nitrogens with one attached hydrogen (secondary N) is 1. The Hall–Kier alpha value is -2.94. The van der Waals surface area contributed by atoms with E-state index in [-0.39, 0.29) is 30.2 Å². The maximum absolute atomic E-state index is 13.6. The predicted octanol–water partition coefficient (Wildman–Crippen LogP) is 3.67. The number of carbonyl (C=O) groups excluding carboxylic acids is 3. The number of carbonyl (C=O) groups is 3. The largest absolute Gasteiger partial charge is 0.496 e. The highest BCUT2D eigenvalue weighted by atomic mass is 32.1. The molecule has 2 aliphatic rings. The van der Waals surface area contributed by atoms with Crippen LogP contribution < -0.4 is 10.1 Å². The van der Waals surface area contributed by atoms with Gasteiger partial charge >= 0.3 is 5.97 Å². The van der Waals surface area contributed by atoms with E-state index in [2.05, 4.69) is 10.3 Å². The third-order valence-corrected chi connectivity index (χ3v) is 7.18. The Balaban J connectivity index is 1.53. The van der Waals surface area contributed by atoms with Crippen LogP contribution in [0.2, 0.25) is 0 Å². The van der Waals surface area contributed by atoms with Crippen LogP contribution >= 0.6 is 11.3 Å². The number of thiazole rings is 1. The van der Waals surface area contributed by atoms with Crippen molar-refractivity contribution < 1.29 is 23.9 Å². The fourth-order valence-corrected chi connectivity index (χ4v) is 5.65. The molecule has 2 amide bonds. The van der Waals surface area contributed by atoms with Crippen molar-refractivity contribution in [2.24, 2.45) is 5.92 Å². The van der Waals surface area contributed by atoms with E-state index in [1.54, 1.807) is 42.5 Å². The Labute approximate surface area is 197 Å². The maximum Gasteiger partial charge on any atom is 0.311 e. The third kappa shape index (κ3) is 5.03. The molecule has 1 aromatic carbocycles. The van der Waals surface area contributed by atoms with Gasteiger partial charge in [-0.05, 0) is 44.2 Å². The van der Waals surface area contributed by atoms with Crippen LogP contribution in [0.15, 0.2) is 29.6 Å². The van der Waals surface area contributed by atoms with E-state index in [1.807, 2.05) is 6.07 Å². The van der Waals surface area contributed by atoms with Gasteiger partial charge in [-0.2, -0.15) is 0 Å². The second kappa shape index (κ2) is 10.3. The lowest BCUT2D eigenvalue weighted by Crippen LogP contribution is -2.48. The molecule has 3 unspecified atom stereocenters. The molecule has 0 radical (unpaired) electrons. The highest BCUT2D eigenvalue weighted by molar-refractivity contribution is 7.13. The number of nitrogens with zero attached hydrogens (tertiary/aromatic N) is 2. The maximum atomic E-state index is 13.6. The number of methoxy groups -OCH3 is 1. The molecule has 1 aromatic heterocycles. The van der Waals surface area contributed by atoms with Crippen LogP contribution in [0.1, 0.15) is 55.1 Å². The first-order chi connectivity index (χ1) is 16.0. The fourth-order valence-electron chi connectivity index (χ4n) is 4.94. The normalized spacial score (nSPS) is 21.9. The standard InChI is InChI=1S/C24H29N3O5S/c1-3-32-21(28)13-16-14-33-24(25-16)26-22(29)19-12-15-8-4-6-10-18(15)27(19)23(30)17-9-5-7-11-20(17)31-2/h5,7,9,11,14-15,18-19H,3-4,6,8,10,12-13H2,1-2H3,(H,25,26,29). The molecular weight excluding hydrogens is 442 g/mol. The molecule has 1 aliphatic carbocycles. The zero-order valence-corrected chi connectivity index (χ0v) is 19.7. The summed E-state index contributed by atoms with van der Waals surface area (Å²) in [5.74, 6) is 0.0382. The molecule has 0 bridgehead atoms. The minimum absolute atomic E-state index is 0.0441. The summed E-state index contributed by atoms with van der Waals surface area (Å²) < 4.78 is 10.4. The van der Waals surface area contributed by atoms with Crippen molar-refractivity contribution in [3.05, 3.63) is 40.9 Å². The molecule has 2 aromatic rings. The number of rotatable bonds is 7. The van der Waals surface area contributed by atoms with Crippen LogP contribution in [0.4, 0.5) is 5.13 Å². The van der Waals surface area contributed by atoms with Gasteiger partial charge in [0, 0.05) is 11.4 Å². The number of esters is 1. The quantitative estimate of drug-likeness (QED) is 0.619. The lowest BCUT2D eigenvalue weighted by Gasteiger charge is -2.33. The predicted molar refractivity (Wildman–Crippen MR) is 124 cm³/mol. The molecular formula is C24H29N3O5S. The third-order valence-electron chi connectivity index (χ3n) is 6.38. The van der Waals surface area contributed by atoms with Crippen LogP contribution in [0.5, 0.6) is 5.75 Å². The summed E-state index contributed by atoms with van der Waals surface area (Å²) in [6.45, 7) is 2.06. The molecule has 2 fully saturated rings. The summed E-state index contributed by atoms with van der Waals surface area (Å²) in [6.07, 6.45) is 4.79. The molecule has 176 valence electrons. The van der Waals surface area contributed by atoms with Gasteiger partial charge in [0.1, 0.15) is 11.8 Å². The molecule has 9 heteroatoms. The van der Waals surface area contributed by atoms with Crippen LogP contribution in [0.25, 0.3) is 0 Å². The lowest BCUT2D eigenvalue weighted by molar-refractivity contribution is -0.142. The summed E-state index contributed by atoms with van der Waals surface area (Å²) in [5, 5.41) is 5.03. The van der Waals surface area contributed by atoms with Crippen molar-refractivity contribution in [1.29, 1.82) is 0 Å². The molecule has 3 atom stereocenters. The average molecular weight is 472 g/mol. The second-order valence-corrected chi connectivity index (χ2v) is 9.25. The highest BCUT2D eigenvalue weighted by Gasteiger charge is 2.48. The van der Waals surface area contributed by atoms with Crippen molar-refractivity contribution in [3.63, 3.8) is 0 Å². The number of hydrogen-bond donors (Lipinski definition) is 1. The zero-order valence-electron chi connectivity index (χ0n) is 18.9. The van der Waals surface area contributed by atoms with E-state index >= 15 is 0 Å². The number of para-hydroxylation sites is 1. The number of amides is 2. The first-order valence-electron chi connectivity index (χ1n) is 11.4. The topological polar surface area (TPSA) is 97.8 Å². The summed E-state index contributed by atoms with van der Waals surface area (Å²) in [5.41, 5.74) is 1.02. The molecule has 4 rings (SSSR count). The van der Waals surface area contributed by atoms with E-state index in [4.69, 9.17) is 9.47 Å². The minimum atomic E-state index is -0.576. The second-order valence-electron chi connectivity index (χ2n) is 8.39. The van der Waals surface area contributed by atoms with Gasteiger partial charge in [-0.25, -0.2) is 4.98 Å². The van der Waals surface area contributed by atoms with E-state index in [1.165, 1.54) is 11.3 Å². The number of anilines is 1. The summed E-state index contributed by atoms with van der Waals surface area (Å²) >= 11 is 1.26. The number of fused-ring (bicyclic) bond motifs is 1. The lowest BCUT2D eigenvalue weighted by atomic mass is 9.84. The van der Waals surface area contributed by atoms with Gasteiger partial charge in [0.05, 0.1) is 31.4 Å². The smallest absolute Gasteiger partial charge is 0.311 e. The summed E-state index contributed by atoms with van der Waals surface area (Å²) in [6, 6.07) is 6.60. The molecule has 1 saturated carbocycles. The molecule has 0 spiro atoms. The Morgan fingerprint density at radius 3 is 2.79 bits per heavy atom. The zero-order chi connectivity index (χ0) is 23.4. The van der Waals surface area contributed by atoms with Gasteiger partial charge in [0.2, 0.25) is 5.91 Å². The number of benzene rings is 1. The van der Waals surface area contributed by atoms with E-state index < -0.39 is 6.04 Å². The van der Waals surface area contributed by atoms with Crippen LogP contribution in [0, 0.1) is 5.92 Å². The van der Waals surface area contributed by atoms with Gasteiger partial charge in [-0.15, -0.1) is 11.3 Å². The molecule has 1 saturated heterocycles. The molecule has 1 N–H and O–H groups in total. The van der Waals surface area contributed by atoms with E-state index in [0.717, 1.165) is 25.7 Å². The average Bonchev–Trinajstić information content (AvgIpc) is 3.42. The molecule has 8 nitrogen and oxygen atoms in total. The number of hydrogen-bond acceptors (Lipinski definition) is 7.